The Bertz CT molecular complexity index is 662. The first-order valence-corrected chi connectivity index (χ1v) is 7.48. The highest BCUT2D eigenvalue weighted by molar-refractivity contribution is 6.30. The first-order chi connectivity index (χ1) is 9.83. The third kappa shape index (κ3) is 1.85. The van der Waals surface area contributed by atoms with Crippen LogP contribution in [0.2, 0.25) is 5.02 Å². The molecule has 0 bridgehead atoms. The molecule has 1 N–H and O–H groups in total. The van der Waals surface area contributed by atoms with Gasteiger partial charge < -0.3 is 5.32 Å². The minimum Gasteiger partial charge on any atom is -0.378 e. The highest BCUT2D eigenvalue weighted by Crippen LogP contribution is 2.50. The third-order valence-corrected chi connectivity index (χ3v) is 4.72. The SMILES string of the molecule is Clc1ccc2c(c1)[C@H]1C=CC[C@H]1[C@H](c1ccccc1)N2. The van der Waals surface area contributed by atoms with Gasteiger partial charge in [-0.3, -0.25) is 0 Å². The summed E-state index contributed by atoms with van der Waals surface area (Å²) in [5.74, 6) is 1.07. The van der Waals surface area contributed by atoms with Gasteiger partial charge in [-0.25, -0.2) is 0 Å². The average Bonchev–Trinajstić information content (AvgIpc) is 2.97. The summed E-state index contributed by atoms with van der Waals surface area (Å²) in [7, 11) is 0. The fraction of sp³-hybridized carbons (Fsp3) is 0.222. The second-order valence-corrected chi connectivity index (χ2v) is 6.05. The summed E-state index contributed by atoms with van der Waals surface area (Å²) < 4.78 is 0. The molecule has 1 heterocycles. The van der Waals surface area contributed by atoms with Crippen LogP contribution in [0.5, 0.6) is 0 Å². The number of anilines is 1. The van der Waals surface area contributed by atoms with Crippen LogP contribution in [0.1, 0.15) is 29.5 Å². The molecule has 2 heteroatoms. The lowest BCUT2D eigenvalue weighted by molar-refractivity contribution is 0.425. The predicted molar refractivity (Wildman–Crippen MR) is 84.2 cm³/mol. The summed E-state index contributed by atoms with van der Waals surface area (Å²) in [5, 5.41) is 4.54. The Morgan fingerprint density at radius 1 is 1.05 bits per heavy atom. The quantitative estimate of drug-likeness (QED) is 0.711. The summed E-state index contributed by atoms with van der Waals surface area (Å²) in [5.41, 5.74) is 3.92. The molecule has 0 aromatic heterocycles. The van der Waals surface area contributed by atoms with Crippen molar-refractivity contribution in [3.05, 3.63) is 76.8 Å². The maximum atomic E-state index is 6.17. The van der Waals surface area contributed by atoms with Crippen molar-refractivity contribution >= 4 is 17.3 Å². The van der Waals surface area contributed by atoms with Gasteiger partial charge in [0.1, 0.15) is 0 Å². The Morgan fingerprint density at radius 2 is 1.90 bits per heavy atom. The van der Waals surface area contributed by atoms with Crippen LogP contribution in [-0.4, -0.2) is 0 Å². The molecule has 0 radical (unpaired) electrons. The molecule has 2 aromatic carbocycles. The molecule has 0 spiro atoms. The summed E-state index contributed by atoms with van der Waals surface area (Å²) >= 11 is 6.17. The normalized spacial score (nSPS) is 26.8. The predicted octanol–water partition coefficient (Wildman–Crippen LogP) is 5.17. The molecule has 0 saturated heterocycles. The Morgan fingerprint density at radius 3 is 2.75 bits per heavy atom. The second-order valence-electron chi connectivity index (χ2n) is 5.62. The third-order valence-electron chi connectivity index (χ3n) is 4.48. The Balaban J connectivity index is 1.80. The van der Waals surface area contributed by atoms with E-state index < -0.39 is 0 Å². The molecule has 2 aliphatic rings. The summed E-state index contributed by atoms with van der Waals surface area (Å²) in [6.45, 7) is 0. The Kier molecular flexibility index (Phi) is 2.82. The lowest BCUT2D eigenvalue weighted by Gasteiger charge is -2.37. The van der Waals surface area contributed by atoms with Crippen molar-refractivity contribution in [3.63, 3.8) is 0 Å². The van der Waals surface area contributed by atoms with Gasteiger partial charge in [0.2, 0.25) is 0 Å². The van der Waals surface area contributed by atoms with E-state index in [1.54, 1.807) is 0 Å². The number of rotatable bonds is 1. The van der Waals surface area contributed by atoms with Gasteiger partial charge in [-0.1, -0.05) is 54.1 Å². The van der Waals surface area contributed by atoms with Crippen LogP contribution in [0.15, 0.2) is 60.7 Å². The van der Waals surface area contributed by atoms with Crippen LogP contribution in [0.4, 0.5) is 5.69 Å². The van der Waals surface area contributed by atoms with Crippen molar-refractivity contribution in [3.8, 4) is 0 Å². The summed E-state index contributed by atoms with van der Waals surface area (Å²) in [6.07, 6.45) is 5.78. The molecule has 1 nitrogen and oxygen atoms in total. The van der Waals surface area contributed by atoms with E-state index in [4.69, 9.17) is 11.6 Å². The molecule has 0 fully saturated rings. The molecule has 100 valence electrons. The van der Waals surface area contributed by atoms with E-state index in [-0.39, 0.29) is 0 Å². The first-order valence-electron chi connectivity index (χ1n) is 7.10. The zero-order valence-corrected chi connectivity index (χ0v) is 11.8. The van der Waals surface area contributed by atoms with E-state index in [9.17, 15) is 0 Å². The molecule has 20 heavy (non-hydrogen) atoms. The van der Waals surface area contributed by atoms with Gasteiger partial charge in [-0.05, 0) is 41.7 Å². The molecule has 0 amide bonds. The minimum absolute atomic E-state index is 0.380. The van der Waals surface area contributed by atoms with Gasteiger partial charge in [-0.15, -0.1) is 0 Å². The highest BCUT2D eigenvalue weighted by Gasteiger charge is 2.37. The standard InChI is InChI=1S/C18H16ClN/c19-13-9-10-17-16(11-13)14-7-4-8-15(14)18(20-17)12-5-2-1-3-6-12/h1-7,9-11,14-15,18,20H,8H2/t14-,15+,18-/m0/s1. The first kappa shape index (κ1) is 12.0. The van der Waals surface area contributed by atoms with E-state index >= 15 is 0 Å². The van der Waals surface area contributed by atoms with Crippen LogP contribution < -0.4 is 5.32 Å². The molecule has 0 saturated carbocycles. The molecular weight excluding hydrogens is 266 g/mol. The van der Waals surface area contributed by atoms with Crippen LogP contribution in [-0.2, 0) is 0 Å². The van der Waals surface area contributed by atoms with E-state index in [0.717, 1.165) is 11.4 Å². The molecule has 4 rings (SSSR count). The number of fused-ring (bicyclic) bond motifs is 3. The van der Waals surface area contributed by atoms with Gasteiger partial charge >= 0.3 is 0 Å². The number of nitrogens with one attached hydrogen (secondary N) is 1. The van der Waals surface area contributed by atoms with E-state index in [1.165, 1.54) is 16.8 Å². The van der Waals surface area contributed by atoms with Gasteiger partial charge in [0.25, 0.3) is 0 Å². The van der Waals surface area contributed by atoms with Gasteiger partial charge in [0.15, 0.2) is 0 Å². The molecule has 3 atom stereocenters. The van der Waals surface area contributed by atoms with Crippen molar-refractivity contribution < 1.29 is 0 Å². The van der Waals surface area contributed by atoms with Crippen LogP contribution in [0.3, 0.4) is 0 Å². The Hall–Kier alpha value is -1.73. The fourth-order valence-corrected chi connectivity index (χ4v) is 3.74. The van der Waals surface area contributed by atoms with Crippen LogP contribution in [0.25, 0.3) is 0 Å². The highest BCUT2D eigenvalue weighted by atomic mass is 35.5. The monoisotopic (exact) mass is 281 g/mol. The molecular formula is C18H16ClN. The fourth-order valence-electron chi connectivity index (χ4n) is 3.56. The van der Waals surface area contributed by atoms with Gasteiger partial charge in [0, 0.05) is 16.6 Å². The summed E-state index contributed by atoms with van der Waals surface area (Å²) in [6, 6.07) is 17.3. The zero-order chi connectivity index (χ0) is 13.5. The summed E-state index contributed by atoms with van der Waals surface area (Å²) in [4.78, 5) is 0. The van der Waals surface area contributed by atoms with E-state index in [2.05, 4.69) is 59.9 Å². The maximum Gasteiger partial charge on any atom is 0.0553 e. The second kappa shape index (κ2) is 4.68. The number of hydrogen-bond donors (Lipinski definition) is 1. The van der Waals surface area contributed by atoms with Crippen LogP contribution in [0, 0.1) is 5.92 Å². The van der Waals surface area contributed by atoms with Crippen molar-refractivity contribution in [1.82, 2.24) is 0 Å². The smallest absolute Gasteiger partial charge is 0.0553 e. The van der Waals surface area contributed by atoms with Gasteiger partial charge in [-0.2, -0.15) is 0 Å². The van der Waals surface area contributed by atoms with Crippen molar-refractivity contribution in [2.75, 3.05) is 5.32 Å². The maximum absolute atomic E-state index is 6.17. The average molecular weight is 282 g/mol. The lowest BCUT2D eigenvalue weighted by Crippen LogP contribution is -2.28. The van der Waals surface area contributed by atoms with Crippen molar-refractivity contribution in [2.45, 2.75) is 18.4 Å². The van der Waals surface area contributed by atoms with E-state index in [1.807, 2.05) is 6.07 Å². The number of allylic oxidation sites excluding steroid dienone is 2. The zero-order valence-electron chi connectivity index (χ0n) is 11.1. The largest absolute Gasteiger partial charge is 0.378 e. The Labute approximate surface area is 124 Å². The van der Waals surface area contributed by atoms with Gasteiger partial charge in [0.05, 0.1) is 6.04 Å². The number of hydrogen-bond acceptors (Lipinski definition) is 1. The lowest BCUT2D eigenvalue weighted by atomic mass is 9.77. The molecule has 2 aromatic rings. The van der Waals surface area contributed by atoms with Crippen molar-refractivity contribution in [1.29, 1.82) is 0 Å². The van der Waals surface area contributed by atoms with Crippen molar-refractivity contribution in [2.24, 2.45) is 5.92 Å². The van der Waals surface area contributed by atoms with Crippen LogP contribution >= 0.6 is 11.6 Å². The number of benzene rings is 2. The number of halogens is 1. The molecule has 0 unspecified atom stereocenters. The molecule has 1 aliphatic carbocycles. The minimum atomic E-state index is 0.380. The van der Waals surface area contributed by atoms with E-state index in [0.29, 0.717) is 17.9 Å². The topological polar surface area (TPSA) is 12.0 Å². The molecule has 1 aliphatic heterocycles.